The normalized spacial score (nSPS) is 21.1. The first-order valence-electron chi connectivity index (χ1n) is 7.12. The summed E-state index contributed by atoms with van der Waals surface area (Å²) >= 11 is 0. The van der Waals surface area contributed by atoms with Crippen molar-refractivity contribution in [3.05, 3.63) is 35.6 Å². The zero-order chi connectivity index (χ0) is 13.7. The van der Waals surface area contributed by atoms with E-state index in [0.717, 1.165) is 18.7 Å². The maximum Gasteiger partial charge on any atom is 0.137 e. The lowest BCUT2D eigenvalue weighted by Gasteiger charge is -2.28. The van der Waals surface area contributed by atoms with Crippen molar-refractivity contribution in [3.8, 4) is 0 Å². The fourth-order valence-corrected chi connectivity index (χ4v) is 2.79. The molecule has 1 aromatic rings. The number of Topliss-reactive ketones (excluding diaryl/α,β-unsaturated/α-hetero) is 1. The molecule has 0 aliphatic carbocycles. The van der Waals surface area contributed by atoms with Gasteiger partial charge in [0.15, 0.2) is 0 Å². The summed E-state index contributed by atoms with van der Waals surface area (Å²) in [5.74, 6) is 1.05. The summed E-state index contributed by atoms with van der Waals surface area (Å²) in [5.41, 5.74) is 0.903. The third-order valence-corrected chi connectivity index (χ3v) is 4.00. The predicted molar refractivity (Wildman–Crippen MR) is 74.5 cm³/mol. The van der Waals surface area contributed by atoms with E-state index in [0.29, 0.717) is 24.7 Å². The Balaban J connectivity index is 1.81. The molecule has 0 bridgehead atoms. The van der Waals surface area contributed by atoms with Gasteiger partial charge in [-0.15, -0.1) is 0 Å². The van der Waals surface area contributed by atoms with Crippen molar-refractivity contribution < 1.29 is 9.18 Å². The van der Waals surface area contributed by atoms with Gasteiger partial charge in [0.2, 0.25) is 0 Å². The predicted octanol–water partition coefficient (Wildman–Crippen LogP) is 2.96. The summed E-state index contributed by atoms with van der Waals surface area (Å²) in [6.45, 7) is 4.30. The van der Waals surface area contributed by atoms with Crippen molar-refractivity contribution in [1.29, 1.82) is 0 Å². The molecule has 1 N–H and O–H groups in total. The van der Waals surface area contributed by atoms with Crippen LogP contribution in [0.15, 0.2) is 24.3 Å². The zero-order valence-corrected chi connectivity index (χ0v) is 11.5. The number of nitrogens with one attached hydrogen (secondary N) is 1. The molecule has 1 aromatic carbocycles. The fourth-order valence-electron chi connectivity index (χ4n) is 2.79. The maximum atomic E-state index is 12.8. The Kier molecular flexibility index (Phi) is 5.08. The molecule has 0 radical (unpaired) electrons. The maximum absolute atomic E-state index is 12.8. The van der Waals surface area contributed by atoms with Crippen LogP contribution in [-0.2, 0) is 11.2 Å². The number of carbonyl (C=O) groups is 1. The second-order valence-electron chi connectivity index (χ2n) is 5.63. The molecule has 0 spiro atoms. The number of benzene rings is 1. The molecule has 2 unspecified atom stereocenters. The van der Waals surface area contributed by atoms with E-state index in [1.54, 1.807) is 12.1 Å². The van der Waals surface area contributed by atoms with Crippen molar-refractivity contribution >= 4 is 5.78 Å². The summed E-state index contributed by atoms with van der Waals surface area (Å²) < 4.78 is 12.8. The summed E-state index contributed by atoms with van der Waals surface area (Å²) in [4.78, 5) is 12.0. The molecule has 2 atom stereocenters. The Labute approximate surface area is 114 Å². The van der Waals surface area contributed by atoms with Gasteiger partial charge in [-0.2, -0.15) is 0 Å². The lowest BCUT2D eigenvalue weighted by atomic mass is 9.84. The SMILES string of the molecule is CC(CC(=O)Cc1ccc(F)cc1)C1CCCNC1. The highest BCUT2D eigenvalue weighted by Gasteiger charge is 2.21. The highest BCUT2D eigenvalue weighted by atomic mass is 19.1. The third kappa shape index (κ3) is 4.43. The van der Waals surface area contributed by atoms with E-state index in [2.05, 4.69) is 12.2 Å². The first-order valence-corrected chi connectivity index (χ1v) is 7.12. The van der Waals surface area contributed by atoms with E-state index in [4.69, 9.17) is 0 Å². The molecule has 2 rings (SSSR count). The van der Waals surface area contributed by atoms with Gasteiger partial charge in [-0.25, -0.2) is 4.39 Å². The number of hydrogen-bond donors (Lipinski definition) is 1. The van der Waals surface area contributed by atoms with Gasteiger partial charge in [-0.05, 0) is 55.5 Å². The largest absolute Gasteiger partial charge is 0.316 e. The second kappa shape index (κ2) is 6.80. The van der Waals surface area contributed by atoms with Gasteiger partial charge in [0, 0.05) is 12.8 Å². The van der Waals surface area contributed by atoms with Gasteiger partial charge in [-0.1, -0.05) is 19.1 Å². The Morgan fingerprint density at radius 2 is 2.16 bits per heavy atom. The summed E-state index contributed by atoms with van der Waals surface area (Å²) in [5, 5.41) is 3.39. The minimum Gasteiger partial charge on any atom is -0.316 e. The average molecular weight is 263 g/mol. The highest BCUT2D eigenvalue weighted by Crippen LogP contribution is 2.23. The Morgan fingerprint density at radius 3 is 2.79 bits per heavy atom. The number of carbonyl (C=O) groups excluding carboxylic acids is 1. The number of piperidine rings is 1. The van der Waals surface area contributed by atoms with Crippen molar-refractivity contribution in [3.63, 3.8) is 0 Å². The first-order chi connectivity index (χ1) is 9.15. The third-order valence-electron chi connectivity index (χ3n) is 4.00. The molecule has 104 valence electrons. The first kappa shape index (κ1) is 14.2. The van der Waals surface area contributed by atoms with Crippen LogP contribution in [-0.4, -0.2) is 18.9 Å². The summed E-state index contributed by atoms with van der Waals surface area (Å²) in [7, 11) is 0. The zero-order valence-electron chi connectivity index (χ0n) is 11.5. The van der Waals surface area contributed by atoms with E-state index >= 15 is 0 Å². The molecule has 0 amide bonds. The molecular weight excluding hydrogens is 241 g/mol. The van der Waals surface area contributed by atoms with Gasteiger partial charge in [0.05, 0.1) is 0 Å². The van der Waals surface area contributed by atoms with E-state index in [1.165, 1.54) is 25.0 Å². The number of rotatable bonds is 5. The van der Waals surface area contributed by atoms with E-state index in [9.17, 15) is 9.18 Å². The minimum atomic E-state index is -0.252. The minimum absolute atomic E-state index is 0.252. The molecule has 19 heavy (non-hydrogen) atoms. The summed E-state index contributed by atoms with van der Waals surface area (Å²) in [6.07, 6.45) is 3.48. The monoisotopic (exact) mass is 263 g/mol. The molecule has 1 saturated heterocycles. The van der Waals surface area contributed by atoms with E-state index < -0.39 is 0 Å². The molecular formula is C16H22FNO. The van der Waals surface area contributed by atoms with Gasteiger partial charge in [-0.3, -0.25) is 4.79 Å². The number of halogens is 1. The van der Waals surface area contributed by atoms with Gasteiger partial charge in [0.1, 0.15) is 11.6 Å². The molecule has 1 fully saturated rings. The standard InChI is InChI=1S/C16H22FNO/c1-12(14-3-2-8-18-11-14)9-16(19)10-13-4-6-15(17)7-5-13/h4-7,12,14,18H,2-3,8-11H2,1H3. The van der Waals surface area contributed by atoms with Crippen molar-refractivity contribution in [1.82, 2.24) is 5.32 Å². The van der Waals surface area contributed by atoms with Crippen LogP contribution in [0.1, 0.15) is 31.7 Å². The lowest BCUT2D eigenvalue weighted by Crippen LogP contribution is -2.34. The van der Waals surface area contributed by atoms with Gasteiger partial charge in [0.25, 0.3) is 0 Å². The Bertz CT molecular complexity index is 409. The van der Waals surface area contributed by atoms with E-state index in [-0.39, 0.29) is 11.6 Å². The van der Waals surface area contributed by atoms with Crippen LogP contribution in [0.3, 0.4) is 0 Å². The van der Waals surface area contributed by atoms with Gasteiger partial charge < -0.3 is 5.32 Å². The highest BCUT2D eigenvalue weighted by molar-refractivity contribution is 5.81. The second-order valence-corrected chi connectivity index (χ2v) is 5.63. The average Bonchev–Trinajstić information content (AvgIpc) is 2.42. The van der Waals surface area contributed by atoms with Crippen LogP contribution >= 0.6 is 0 Å². The van der Waals surface area contributed by atoms with Crippen molar-refractivity contribution in [2.24, 2.45) is 11.8 Å². The summed E-state index contributed by atoms with van der Waals surface area (Å²) in [6, 6.07) is 6.22. The molecule has 0 saturated carbocycles. The number of ketones is 1. The molecule has 1 heterocycles. The smallest absolute Gasteiger partial charge is 0.137 e. The Morgan fingerprint density at radius 1 is 1.42 bits per heavy atom. The van der Waals surface area contributed by atoms with Gasteiger partial charge >= 0.3 is 0 Å². The molecule has 0 aromatic heterocycles. The molecule has 1 aliphatic heterocycles. The fraction of sp³-hybridized carbons (Fsp3) is 0.562. The van der Waals surface area contributed by atoms with Crippen LogP contribution in [0.5, 0.6) is 0 Å². The lowest BCUT2D eigenvalue weighted by molar-refractivity contribution is -0.119. The van der Waals surface area contributed by atoms with Crippen molar-refractivity contribution in [2.75, 3.05) is 13.1 Å². The Hall–Kier alpha value is -1.22. The van der Waals surface area contributed by atoms with Crippen molar-refractivity contribution in [2.45, 2.75) is 32.6 Å². The molecule has 2 nitrogen and oxygen atoms in total. The quantitative estimate of drug-likeness (QED) is 0.885. The van der Waals surface area contributed by atoms with Crippen LogP contribution in [0.2, 0.25) is 0 Å². The van der Waals surface area contributed by atoms with Crippen LogP contribution in [0, 0.1) is 17.7 Å². The topological polar surface area (TPSA) is 29.1 Å². The molecule has 3 heteroatoms. The molecule has 1 aliphatic rings. The van der Waals surface area contributed by atoms with Crippen LogP contribution in [0.25, 0.3) is 0 Å². The van der Waals surface area contributed by atoms with Crippen LogP contribution in [0.4, 0.5) is 4.39 Å². The van der Waals surface area contributed by atoms with E-state index in [1.807, 2.05) is 0 Å². The van der Waals surface area contributed by atoms with Crippen LogP contribution < -0.4 is 5.32 Å². The number of hydrogen-bond acceptors (Lipinski definition) is 2.